The van der Waals surface area contributed by atoms with Crippen LogP contribution in [-0.4, -0.2) is 47.4 Å². The first-order valence-corrected chi connectivity index (χ1v) is 13.6. The largest absolute Gasteiger partial charge is 0.373 e. The molecule has 0 saturated carbocycles. The number of carbonyl (C=O) groups excluding carboxylic acids is 3. The number of hydrogen-bond donors (Lipinski definition) is 4. The zero-order chi connectivity index (χ0) is 29.4. The molecule has 0 spiro atoms. The van der Waals surface area contributed by atoms with E-state index in [2.05, 4.69) is 10.2 Å². The van der Waals surface area contributed by atoms with E-state index in [1.54, 1.807) is 14.9 Å². The topological polar surface area (TPSA) is 160 Å². The van der Waals surface area contributed by atoms with Crippen molar-refractivity contribution in [3.8, 4) is 0 Å². The van der Waals surface area contributed by atoms with Gasteiger partial charge in [-0.1, -0.05) is 25.1 Å². The summed E-state index contributed by atoms with van der Waals surface area (Å²) in [6.07, 6.45) is 2.33. The quantitative estimate of drug-likeness (QED) is 0.165. The van der Waals surface area contributed by atoms with Gasteiger partial charge in [0.2, 0.25) is 5.91 Å². The highest BCUT2D eigenvalue weighted by Gasteiger charge is 2.41. The number of anilines is 3. The number of ketones is 1. The summed E-state index contributed by atoms with van der Waals surface area (Å²) in [7, 11) is 0. The molecule has 1 fully saturated rings. The molecule has 1 aliphatic heterocycles. The zero-order valence-electron chi connectivity index (χ0n) is 23.9. The number of carbonyl (C=O) groups is 3. The molecule has 0 aromatic heterocycles. The molecule has 218 valence electrons. The van der Waals surface area contributed by atoms with Crippen LogP contribution in [0.4, 0.5) is 17.1 Å². The molecule has 1 unspecified atom stereocenters. The maximum Gasteiger partial charge on any atom is 0.324 e. The maximum atomic E-state index is 13.6. The number of nitrogens with zero attached hydrogens (tertiary/aromatic N) is 3. The number of nitrogens with two attached hydrogens (primary N) is 3. The van der Waals surface area contributed by atoms with Gasteiger partial charge in [0.25, 0.3) is 0 Å². The van der Waals surface area contributed by atoms with Gasteiger partial charge in [-0.25, -0.2) is 11.7 Å². The number of likely N-dealkylation sites (tertiary alicyclic amines) is 1. The fraction of sp³-hybridized carbons (Fsp3) is 0.483. The number of Topliss-reactive ketones (excluding diaryl/α,β-unsaturated/α-hetero) is 1. The highest BCUT2D eigenvalue weighted by Crippen LogP contribution is 2.28. The number of nitrogens with one attached hydrogen (secondary N) is 1. The molecule has 2 aromatic carbocycles. The molecule has 1 aliphatic rings. The zero-order valence-corrected chi connectivity index (χ0v) is 23.9. The number of hydrazine groups is 2. The molecule has 40 heavy (non-hydrogen) atoms. The van der Waals surface area contributed by atoms with Gasteiger partial charge < -0.3 is 15.1 Å². The molecule has 7 N–H and O–H groups in total. The van der Waals surface area contributed by atoms with Gasteiger partial charge in [-0.15, -0.1) is 0 Å². The van der Waals surface area contributed by atoms with Crippen molar-refractivity contribution < 1.29 is 19.2 Å². The Balaban J connectivity index is 1.57. The standard InChI is InChI=1S/C29H43N7O4/c1-20(18-27(38)40-32)11-16-26(37)34-17-7-10-25(34)28(39)29(3,4)33-22-12-14-23(15-13-22)35(30)19-36(31)24-9-6-5-8-21(24)2/h5-6,8-9,12-15,20,25,33H,7,10-11,16-19,30-32H2,1-4H3/t20?,25-/m0/s1. The lowest BCUT2D eigenvalue weighted by Crippen LogP contribution is -2.52. The van der Waals surface area contributed by atoms with Crippen molar-refractivity contribution in [2.45, 2.75) is 71.4 Å². The molecule has 11 nitrogen and oxygen atoms in total. The first-order valence-electron chi connectivity index (χ1n) is 13.6. The number of aryl methyl sites for hydroxylation is 1. The van der Waals surface area contributed by atoms with E-state index in [-0.39, 0.29) is 37.1 Å². The number of hydrogen-bond acceptors (Lipinski definition) is 10. The summed E-state index contributed by atoms with van der Waals surface area (Å²) in [5.74, 6) is 16.8. The van der Waals surface area contributed by atoms with Crippen LogP contribution in [0.25, 0.3) is 0 Å². The minimum absolute atomic E-state index is 0.0420. The third-order valence-corrected chi connectivity index (χ3v) is 7.37. The van der Waals surface area contributed by atoms with Crippen molar-refractivity contribution in [2.75, 3.05) is 28.5 Å². The first-order chi connectivity index (χ1) is 18.9. The molecule has 1 heterocycles. The molecule has 0 aliphatic carbocycles. The molecule has 11 heteroatoms. The van der Waals surface area contributed by atoms with Crippen LogP contribution >= 0.6 is 0 Å². The van der Waals surface area contributed by atoms with E-state index in [4.69, 9.17) is 17.6 Å². The lowest BCUT2D eigenvalue weighted by Gasteiger charge is -2.33. The van der Waals surface area contributed by atoms with Crippen LogP contribution in [0.3, 0.4) is 0 Å². The van der Waals surface area contributed by atoms with Crippen molar-refractivity contribution in [1.82, 2.24) is 4.90 Å². The summed E-state index contributed by atoms with van der Waals surface area (Å²) in [5, 5.41) is 6.47. The van der Waals surface area contributed by atoms with Crippen molar-refractivity contribution in [2.24, 2.45) is 23.5 Å². The summed E-state index contributed by atoms with van der Waals surface area (Å²) in [6, 6.07) is 14.8. The molecular formula is C29H43N7O4. The SMILES string of the molecule is Cc1ccccc1N(N)CN(N)c1ccc(NC(C)(C)C(=O)[C@@H]2CCCN2C(=O)CCC(C)CC(=O)ON)cc1. The van der Waals surface area contributed by atoms with E-state index < -0.39 is 17.6 Å². The Labute approximate surface area is 236 Å². The van der Waals surface area contributed by atoms with Crippen LogP contribution in [0.2, 0.25) is 0 Å². The molecular weight excluding hydrogens is 510 g/mol. The number of amides is 1. The van der Waals surface area contributed by atoms with Gasteiger partial charge in [-0.05, 0) is 81.8 Å². The second-order valence-corrected chi connectivity index (χ2v) is 11.1. The van der Waals surface area contributed by atoms with E-state index in [1.807, 2.05) is 76.2 Å². The Bertz CT molecular complexity index is 1170. The van der Waals surface area contributed by atoms with Crippen LogP contribution in [0, 0.1) is 12.8 Å². The lowest BCUT2D eigenvalue weighted by atomic mass is 9.91. The molecule has 2 atom stereocenters. The monoisotopic (exact) mass is 553 g/mol. The van der Waals surface area contributed by atoms with Crippen LogP contribution in [0.5, 0.6) is 0 Å². The molecule has 0 bridgehead atoms. The van der Waals surface area contributed by atoms with Crippen LogP contribution in [0.15, 0.2) is 48.5 Å². The fourth-order valence-electron chi connectivity index (χ4n) is 5.07. The van der Waals surface area contributed by atoms with Crippen LogP contribution in [-0.2, 0) is 19.2 Å². The minimum atomic E-state index is -0.908. The number of para-hydroxylation sites is 1. The number of benzene rings is 2. The van der Waals surface area contributed by atoms with Gasteiger partial charge in [-0.3, -0.25) is 24.4 Å². The Morgan fingerprint density at radius 1 is 1.10 bits per heavy atom. The Hall–Kier alpha value is -3.67. The smallest absolute Gasteiger partial charge is 0.324 e. The van der Waals surface area contributed by atoms with Crippen LogP contribution in [0.1, 0.15) is 58.4 Å². The predicted molar refractivity (Wildman–Crippen MR) is 157 cm³/mol. The third-order valence-electron chi connectivity index (χ3n) is 7.37. The Kier molecular flexibility index (Phi) is 10.5. The molecule has 1 amide bonds. The van der Waals surface area contributed by atoms with Gasteiger partial charge in [0.1, 0.15) is 6.67 Å². The molecule has 1 saturated heterocycles. The summed E-state index contributed by atoms with van der Waals surface area (Å²) >= 11 is 0. The highest BCUT2D eigenvalue weighted by atomic mass is 16.7. The summed E-state index contributed by atoms with van der Waals surface area (Å²) < 4.78 is 0. The summed E-state index contributed by atoms with van der Waals surface area (Å²) in [6.45, 7) is 8.35. The normalized spacial score (nSPS) is 15.9. The van der Waals surface area contributed by atoms with Gasteiger partial charge >= 0.3 is 5.97 Å². The van der Waals surface area contributed by atoms with E-state index in [9.17, 15) is 14.4 Å². The second-order valence-electron chi connectivity index (χ2n) is 11.1. The molecule has 2 aromatic rings. The van der Waals surface area contributed by atoms with Gasteiger partial charge in [0.15, 0.2) is 5.78 Å². The lowest BCUT2D eigenvalue weighted by molar-refractivity contribution is -0.145. The average molecular weight is 554 g/mol. The highest BCUT2D eigenvalue weighted by molar-refractivity contribution is 5.97. The van der Waals surface area contributed by atoms with Crippen molar-refractivity contribution in [3.05, 3.63) is 54.1 Å². The Morgan fingerprint density at radius 2 is 1.77 bits per heavy atom. The van der Waals surface area contributed by atoms with E-state index >= 15 is 0 Å². The maximum absolute atomic E-state index is 13.6. The van der Waals surface area contributed by atoms with E-state index in [0.29, 0.717) is 19.4 Å². The molecule has 3 rings (SSSR count). The van der Waals surface area contributed by atoms with Crippen molar-refractivity contribution >= 4 is 34.7 Å². The Morgan fingerprint density at radius 3 is 2.42 bits per heavy atom. The number of rotatable bonds is 13. The van der Waals surface area contributed by atoms with Crippen LogP contribution < -0.4 is 32.9 Å². The van der Waals surface area contributed by atoms with E-state index in [1.165, 1.54) is 0 Å². The van der Waals surface area contributed by atoms with E-state index in [0.717, 1.165) is 29.0 Å². The van der Waals surface area contributed by atoms with Gasteiger partial charge in [-0.2, -0.15) is 5.90 Å². The second kappa shape index (κ2) is 13.6. The average Bonchev–Trinajstić information content (AvgIpc) is 3.41. The predicted octanol–water partition coefficient (Wildman–Crippen LogP) is 2.99. The molecule has 0 radical (unpaired) electrons. The van der Waals surface area contributed by atoms with Gasteiger partial charge in [0, 0.05) is 25.1 Å². The fourth-order valence-corrected chi connectivity index (χ4v) is 5.07. The van der Waals surface area contributed by atoms with Crippen molar-refractivity contribution in [1.29, 1.82) is 0 Å². The summed E-state index contributed by atoms with van der Waals surface area (Å²) in [5.41, 5.74) is 2.56. The van der Waals surface area contributed by atoms with Crippen molar-refractivity contribution in [3.63, 3.8) is 0 Å². The minimum Gasteiger partial charge on any atom is -0.373 e. The first kappa shape index (κ1) is 30.9. The summed E-state index contributed by atoms with van der Waals surface area (Å²) in [4.78, 5) is 43.8. The third kappa shape index (κ3) is 7.93. The van der Waals surface area contributed by atoms with Gasteiger partial charge in [0.05, 0.1) is 23.0 Å².